The molecule has 0 amide bonds. The second-order valence-corrected chi connectivity index (χ2v) is 4.26. The van der Waals surface area contributed by atoms with Gasteiger partial charge in [-0.3, -0.25) is 4.98 Å². The second kappa shape index (κ2) is 5.09. The van der Waals surface area contributed by atoms with Crippen LogP contribution in [0.15, 0.2) is 24.5 Å². The molecule has 0 atom stereocenters. The van der Waals surface area contributed by atoms with E-state index in [-0.39, 0.29) is 10.7 Å². The van der Waals surface area contributed by atoms with E-state index < -0.39 is 5.97 Å². The fourth-order valence-corrected chi connectivity index (χ4v) is 1.88. The maximum absolute atomic E-state index is 11.3. The molecular formula is C14H9ClN2O2. The number of terminal acetylenes is 1. The van der Waals surface area contributed by atoms with E-state index in [1.165, 1.54) is 12.4 Å². The van der Waals surface area contributed by atoms with Crippen LogP contribution in [0.5, 0.6) is 0 Å². The van der Waals surface area contributed by atoms with Gasteiger partial charge in [-0.25, -0.2) is 9.78 Å². The molecule has 0 aliphatic rings. The summed E-state index contributed by atoms with van der Waals surface area (Å²) in [5.41, 5.74) is 2.29. The van der Waals surface area contributed by atoms with E-state index in [0.717, 1.165) is 0 Å². The number of aryl methyl sites for hydroxylation is 1. The third-order valence-electron chi connectivity index (χ3n) is 2.59. The van der Waals surface area contributed by atoms with Crippen molar-refractivity contribution in [2.24, 2.45) is 0 Å². The zero-order valence-corrected chi connectivity index (χ0v) is 10.8. The molecule has 2 heterocycles. The minimum Gasteiger partial charge on any atom is -0.478 e. The number of hydrogen-bond donors (Lipinski definition) is 1. The van der Waals surface area contributed by atoms with E-state index in [1.807, 2.05) is 0 Å². The first-order chi connectivity index (χ1) is 9.02. The number of hydrogen-bond acceptors (Lipinski definition) is 3. The Bertz CT molecular complexity index is 705. The van der Waals surface area contributed by atoms with Crippen LogP contribution in [0.2, 0.25) is 5.15 Å². The number of carboxylic acid groups (broad SMARTS) is 1. The monoisotopic (exact) mass is 272 g/mol. The fourth-order valence-electron chi connectivity index (χ4n) is 1.72. The second-order valence-electron chi connectivity index (χ2n) is 3.87. The van der Waals surface area contributed by atoms with Gasteiger partial charge in [-0.05, 0) is 19.1 Å². The van der Waals surface area contributed by atoms with Gasteiger partial charge in [0.15, 0.2) is 0 Å². The summed E-state index contributed by atoms with van der Waals surface area (Å²) in [5, 5.41) is 9.46. The zero-order valence-electron chi connectivity index (χ0n) is 10.0. The van der Waals surface area contributed by atoms with Gasteiger partial charge in [-0.1, -0.05) is 17.5 Å². The molecule has 0 unspecified atom stereocenters. The fraction of sp³-hybridized carbons (Fsp3) is 0.0714. The molecule has 0 spiro atoms. The quantitative estimate of drug-likeness (QED) is 0.674. The molecule has 0 aliphatic carbocycles. The number of carbonyl (C=O) groups is 1. The van der Waals surface area contributed by atoms with Gasteiger partial charge in [0.25, 0.3) is 0 Å². The molecule has 2 rings (SSSR count). The molecule has 0 bridgehead atoms. The Hall–Kier alpha value is -2.38. The number of aromatic carboxylic acids is 1. The molecule has 0 radical (unpaired) electrons. The Kier molecular flexibility index (Phi) is 3.50. The maximum Gasteiger partial charge on any atom is 0.337 e. The van der Waals surface area contributed by atoms with Crippen LogP contribution < -0.4 is 0 Å². The van der Waals surface area contributed by atoms with Gasteiger partial charge in [-0.2, -0.15) is 0 Å². The van der Waals surface area contributed by atoms with Gasteiger partial charge >= 0.3 is 5.97 Å². The van der Waals surface area contributed by atoms with Crippen LogP contribution in [0.4, 0.5) is 0 Å². The Morgan fingerprint density at radius 2 is 2.05 bits per heavy atom. The third kappa shape index (κ3) is 2.56. The smallest absolute Gasteiger partial charge is 0.337 e. The highest BCUT2D eigenvalue weighted by molar-refractivity contribution is 6.29. The largest absolute Gasteiger partial charge is 0.478 e. The Morgan fingerprint density at radius 1 is 1.32 bits per heavy atom. The lowest BCUT2D eigenvalue weighted by Gasteiger charge is -2.09. The molecule has 4 nitrogen and oxygen atoms in total. The number of halogens is 1. The van der Waals surface area contributed by atoms with Crippen LogP contribution in [-0.2, 0) is 0 Å². The van der Waals surface area contributed by atoms with E-state index in [1.54, 1.807) is 19.1 Å². The minimum absolute atomic E-state index is 0.0735. The first kappa shape index (κ1) is 13.1. The van der Waals surface area contributed by atoms with Crippen LogP contribution >= 0.6 is 11.6 Å². The molecule has 0 fully saturated rings. The van der Waals surface area contributed by atoms with Gasteiger partial charge in [0.1, 0.15) is 5.15 Å². The SMILES string of the molecule is C#Cc1cnc(Cl)cc1-c1cc(C)ncc1C(=O)O. The highest BCUT2D eigenvalue weighted by atomic mass is 35.5. The van der Waals surface area contributed by atoms with E-state index in [2.05, 4.69) is 15.9 Å². The summed E-state index contributed by atoms with van der Waals surface area (Å²) < 4.78 is 0. The van der Waals surface area contributed by atoms with E-state index in [9.17, 15) is 9.90 Å². The van der Waals surface area contributed by atoms with E-state index in [4.69, 9.17) is 18.0 Å². The van der Waals surface area contributed by atoms with Crippen molar-refractivity contribution < 1.29 is 9.90 Å². The number of pyridine rings is 2. The van der Waals surface area contributed by atoms with E-state index in [0.29, 0.717) is 22.4 Å². The number of aromatic nitrogens is 2. The molecule has 0 saturated carbocycles. The van der Waals surface area contributed by atoms with Gasteiger partial charge in [0.05, 0.1) is 11.1 Å². The molecule has 94 valence electrons. The van der Waals surface area contributed by atoms with Crippen LogP contribution in [0.3, 0.4) is 0 Å². The zero-order chi connectivity index (χ0) is 14.0. The van der Waals surface area contributed by atoms with Gasteiger partial charge < -0.3 is 5.11 Å². The summed E-state index contributed by atoms with van der Waals surface area (Å²) >= 11 is 5.85. The van der Waals surface area contributed by atoms with Gasteiger partial charge in [0.2, 0.25) is 0 Å². The molecule has 0 saturated heterocycles. The van der Waals surface area contributed by atoms with Crippen molar-refractivity contribution in [2.45, 2.75) is 6.92 Å². The van der Waals surface area contributed by atoms with Gasteiger partial charge in [0, 0.05) is 29.2 Å². The van der Waals surface area contributed by atoms with Crippen LogP contribution in [0, 0.1) is 19.3 Å². The predicted molar refractivity (Wildman–Crippen MR) is 72.1 cm³/mol. The Labute approximate surface area is 115 Å². The van der Waals surface area contributed by atoms with E-state index >= 15 is 0 Å². The molecule has 5 heteroatoms. The summed E-state index contributed by atoms with van der Waals surface area (Å²) in [6.07, 6.45) is 8.16. The maximum atomic E-state index is 11.3. The topological polar surface area (TPSA) is 63.1 Å². The molecule has 19 heavy (non-hydrogen) atoms. The van der Waals surface area contributed by atoms with Crippen molar-refractivity contribution in [3.8, 4) is 23.5 Å². The number of nitrogens with zero attached hydrogens (tertiary/aromatic N) is 2. The molecule has 1 N–H and O–H groups in total. The summed E-state index contributed by atoms with van der Waals surface area (Å²) in [7, 11) is 0. The van der Waals surface area contributed by atoms with Crippen molar-refractivity contribution in [3.63, 3.8) is 0 Å². The van der Waals surface area contributed by atoms with Crippen LogP contribution in [0.25, 0.3) is 11.1 Å². The molecule has 2 aromatic heterocycles. The highest BCUT2D eigenvalue weighted by Gasteiger charge is 2.15. The summed E-state index contributed by atoms with van der Waals surface area (Å²) in [5.74, 6) is 1.40. The standard InChI is InChI=1S/C14H9ClN2O2/c1-3-9-6-17-13(15)5-10(9)11-4-8(2)16-7-12(11)14(18)19/h1,4-7H,2H3,(H,18,19). The van der Waals surface area contributed by atoms with Crippen molar-refractivity contribution in [3.05, 3.63) is 46.5 Å². The number of carboxylic acids is 1. The highest BCUT2D eigenvalue weighted by Crippen LogP contribution is 2.28. The van der Waals surface area contributed by atoms with Crippen LogP contribution in [0.1, 0.15) is 21.6 Å². The minimum atomic E-state index is -1.07. The van der Waals surface area contributed by atoms with Gasteiger partial charge in [-0.15, -0.1) is 6.42 Å². The first-order valence-electron chi connectivity index (χ1n) is 5.35. The predicted octanol–water partition coefficient (Wildman–Crippen LogP) is 2.78. The molecule has 2 aromatic rings. The average molecular weight is 273 g/mol. The van der Waals surface area contributed by atoms with Crippen molar-refractivity contribution in [2.75, 3.05) is 0 Å². The number of rotatable bonds is 2. The van der Waals surface area contributed by atoms with Crippen molar-refractivity contribution in [1.82, 2.24) is 9.97 Å². The normalized spacial score (nSPS) is 9.95. The van der Waals surface area contributed by atoms with Crippen molar-refractivity contribution >= 4 is 17.6 Å². The molecular weight excluding hydrogens is 264 g/mol. The summed E-state index contributed by atoms with van der Waals surface area (Å²) in [4.78, 5) is 19.1. The summed E-state index contributed by atoms with van der Waals surface area (Å²) in [6, 6.07) is 3.22. The lowest BCUT2D eigenvalue weighted by Crippen LogP contribution is -2.02. The van der Waals surface area contributed by atoms with Crippen molar-refractivity contribution in [1.29, 1.82) is 0 Å². The third-order valence-corrected chi connectivity index (χ3v) is 2.79. The van der Waals surface area contributed by atoms with Crippen LogP contribution in [-0.4, -0.2) is 21.0 Å². The molecule has 0 aromatic carbocycles. The Balaban J connectivity index is 2.78. The Morgan fingerprint density at radius 3 is 2.68 bits per heavy atom. The average Bonchev–Trinajstić information content (AvgIpc) is 2.38. The molecule has 0 aliphatic heterocycles. The lowest BCUT2D eigenvalue weighted by molar-refractivity contribution is 0.0697. The summed E-state index contributed by atoms with van der Waals surface area (Å²) in [6.45, 7) is 1.77. The lowest BCUT2D eigenvalue weighted by atomic mass is 9.98. The first-order valence-corrected chi connectivity index (χ1v) is 5.73.